The van der Waals surface area contributed by atoms with Crippen molar-refractivity contribution in [2.45, 2.75) is 31.8 Å². The average Bonchev–Trinajstić information content (AvgIpc) is 2.76. The van der Waals surface area contributed by atoms with Crippen LogP contribution in [0.1, 0.15) is 24.8 Å². The van der Waals surface area contributed by atoms with E-state index in [9.17, 15) is 0 Å². The summed E-state index contributed by atoms with van der Waals surface area (Å²) >= 11 is 0. The van der Waals surface area contributed by atoms with E-state index >= 15 is 0 Å². The predicted molar refractivity (Wildman–Crippen MR) is 68.5 cm³/mol. The fourth-order valence-electron chi connectivity index (χ4n) is 2.17. The molecule has 1 aromatic carbocycles. The lowest BCUT2D eigenvalue weighted by Crippen LogP contribution is -2.34. The van der Waals surface area contributed by atoms with Crippen molar-refractivity contribution in [1.29, 1.82) is 0 Å². The Bertz CT molecular complexity index is 471. The number of hydrogen-bond acceptors (Lipinski definition) is 2. The highest BCUT2D eigenvalue weighted by Crippen LogP contribution is 2.22. The van der Waals surface area contributed by atoms with Crippen LogP contribution in [0, 0.1) is 0 Å². The van der Waals surface area contributed by atoms with E-state index in [-0.39, 0.29) is 0 Å². The van der Waals surface area contributed by atoms with Crippen LogP contribution >= 0.6 is 0 Å². The molecule has 3 nitrogen and oxygen atoms in total. The zero-order valence-corrected chi connectivity index (χ0v) is 9.82. The first-order valence-corrected chi connectivity index (χ1v) is 6.24. The van der Waals surface area contributed by atoms with Gasteiger partial charge < -0.3 is 5.32 Å². The van der Waals surface area contributed by atoms with Crippen molar-refractivity contribution in [2.75, 3.05) is 0 Å². The molecule has 3 rings (SSSR count). The summed E-state index contributed by atoms with van der Waals surface area (Å²) < 4.78 is 0. The van der Waals surface area contributed by atoms with Crippen molar-refractivity contribution in [3.63, 3.8) is 0 Å². The zero-order valence-electron chi connectivity index (χ0n) is 9.82. The van der Waals surface area contributed by atoms with Gasteiger partial charge >= 0.3 is 0 Å². The fraction of sp³-hybridized carbons (Fsp3) is 0.357. The Labute approximate surface area is 101 Å². The maximum absolute atomic E-state index is 4.16. The molecule has 1 aliphatic rings. The van der Waals surface area contributed by atoms with Gasteiger partial charge in [0.15, 0.2) is 0 Å². The van der Waals surface area contributed by atoms with Gasteiger partial charge in [-0.15, -0.1) is 0 Å². The largest absolute Gasteiger partial charge is 0.310 e. The van der Waals surface area contributed by atoms with Crippen molar-refractivity contribution in [3.8, 4) is 11.3 Å². The smallest absolute Gasteiger partial charge is 0.0695 e. The molecule has 1 heterocycles. The summed E-state index contributed by atoms with van der Waals surface area (Å²) in [5, 5.41) is 10.8. The van der Waals surface area contributed by atoms with Gasteiger partial charge in [0.25, 0.3) is 0 Å². The molecule has 1 fully saturated rings. The van der Waals surface area contributed by atoms with Gasteiger partial charge in [-0.25, -0.2) is 0 Å². The molecule has 2 aromatic rings. The van der Waals surface area contributed by atoms with E-state index in [0.717, 1.165) is 12.2 Å². The van der Waals surface area contributed by atoms with E-state index in [4.69, 9.17) is 0 Å². The normalized spacial score (nSPS) is 15.8. The molecule has 1 saturated carbocycles. The van der Waals surface area contributed by atoms with Crippen LogP contribution in [0.25, 0.3) is 11.3 Å². The zero-order chi connectivity index (χ0) is 11.5. The molecule has 0 spiro atoms. The van der Waals surface area contributed by atoms with Crippen molar-refractivity contribution in [3.05, 3.63) is 42.1 Å². The van der Waals surface area contributed by atoms with Crippen LogP contribution in [0.5, 0.6) is 0 Å². The van der Waals surface area contributed by atoms with Crippen LogP contribution in [-0.2, 0) is 6.54 Å². The molecule has 0 radical (unpaired) electrons. The second-order valence-electron chi connectivity index (χ2n) is 4.64. The van der Waals surface area contributed by atoms with Gasteiger partial charge in [0, 0.05) is 18.2 Å². The van der Waals surface area contributed by atoms with Crippen molar-refractivity contribution in [1.82, 2.24) is 15.5 Å². The van der Waals surface area contributed by atoms with E-state index in [2.05, 4.69) is 39.8 Å². The van der Waals surface area contributed by atoms with Crippen molar-refractivity contribution >= 4 is 0 Å². The molecule has 0 amide bonds. The van der Waals surface area contributed by atoms with Gasteiger partial charge in [0.2, 0.25) is 0 Å². The Morgan fingerprint density at radius 1 is 1.24 bits per heavy atom. The highest BCUT2D eigenvalue weighted by molar-refractivity contribution is 5.62. The maximum atomic E-state index is 4.16. The van der Waals surface area contributed by atoms with Crippen LogP contribution in [-0.4, -0.2) is 16.2 Å². The summed E-state index contributed by atoms with van der Waals surface area (Å²) in [5.74, 6) is 0. The molecule has 1 aliphatic carbocycles. The maximum Gasteiger partial charge on any atom is 0.0695 e. The third-order valence-corrected chi connectivity index (χ3v) is 3.47. The SMILES string of the molecule is c1ccc(-c2[nH]ncc2CNC2CCC2)cc1. The van der Waals surface area contributed by atoms with E-state index < -0.39 is 0 Å². The monoisotopic (exact) mass is 227 g/mol. The molecule has 0 saturated heterocycles. The molecule has 1 aromatic heterocycles. The van der Waals surface area contributed by atoms with E-state index in [1.165, 1.54) is 30.4 Å². The van der Waals surface area contributed by atoms with Gasteiger partial charge in [0.05, 0.1) is 11.9 Å². The average molecular weight is 227 g/mol. The first-order chi connectivity index (χ1) is 8.43. The topological polar surface area (TPSA) is 40.7 Å². The highest BCUT2D eigenvalue weighted by Gasteiger charge is 2.17. The van der Waals surface area contributed by atoms with Crippen LogP contribution in [0.2, 0.25) is 0 Å². The van der Waals surface area contributed by atoms with Gasteiger partial charge in [-0.3, -0.25) is 5.10 Å². The Morgan fingerprint density at radius 3 is 2.76 bits per heavy atom. The van der Waals surface area contributed by atoms with Crippen LogP contribution < -0.4 is 5.32 Å². The second-order valence-corrected chi connectivity index (χ2v) is 4.64. The third-order valence-electron chi connectivity index (χ3n) is 3.47. The fourth-order valence-corrected chi connectivity index (χ4v) is 2.17. The number of benzene rings is 1. The molecule has 0 atom stereocenters. The molecule has 0 aliphatic heterocycles. The standard InChI is InChI=1S/C14H17N3/c1-2-5-11(6-3-1)14-12(10-16-17-14)9-15-13-7-4-8-13/h1-3,5-6,10,13,15H,4,7-9H2,(H,16,17). The minimum absolute atomic E-state index is 0.716. The summed E-state index contributed by atoms with van der Waals surface area (Å²) in [7, 11) is 0. The van der Waals surface area contributed by atoms with E-state index in [1.807, 2.05) is 12.3 Å². The van der Waals surface area contributed by atoms with E-state index in [0.29, 0.717) is 6.04 Å². The summed E-state index contributed by atoms with van der Waals surface area (Å²) in [6.45, 7) is 0.908. The van der Waals surface area contributed by atoms with Crippen LogP contribution in [0.3, 0.4) is 0 Å². The molecule has 0 bridgehead atoms. The summed E-state index contributed by atoms with van der Waals surface area (Å²) in [5.41, 5.74) is 3.59. The molecule has 88 valence electrons. The van der Waals surface area contributed by atoms with Gasteiger partial charge in [-0.05, 0) is 18.4 Å². The number of aromatic amines is 1. The number of nitrogens with one attached hydrogen (secondary N) is 2. The summed E-state index contributed by atoms with van der Waals surface area (Å²) in [6, 6.07) is 11.1. The van der Waals surface area contributed by atoms with Gasteiger partial charge in [-0.2, -0.15) is 5.10 Å². The summed E-state index contributed by atoms with van der Waals surface area (Å²) in [4.78, 5) is 0. The summed E-state index contributed by atoms with van der Waals surface area (Å²) in [6.07, 6.45) is 5.93. The lowest BCUT2D eigenvalue weighted by atomic mass is 9.93. The minimum Gasteiger partial charge on any atom is -0.310 e. The molecule has 0 unspecified atom stereocenters. The van der Waals surface area contributed by atoms with Crippen molar-refractivity contribution < 1.29 is 0 Å². The van der Waals surface area contributed by atoms with Crippen LogP contribution in [0.15, 0.2) is 36.5 Å². The molecular weight excluding hydrogens is 210 g/mol. The van der Waals surface area contributed by atoms with E-state index in [1.54, 1.807) is 0 Å². The number of hydrogen-bond donors (Lipinski definition) is 2. The van der Waals surface area contributed by atoms with Gasteiger partial charge in [0.1, 0.15) is 0 Å². The molecule has 2 N–H and O–H groups in total. The number of rotatable bonds is 4. The van der Waals surface area contributed by atoms with Crippen molar-refractivity contribution in [2.24, 2.45) is 0 Å². The number of nitrogens with zero attached hydrogens (tertiary/aromatic N) is 1. The Kier molecular flexibility index (Phi) is 2.92. The lowest BCUT2D eigenvalue weighted by Gasteiger charge is -2.26. The lowest BCUT2D eigenvalue weighted by molar-refractivity contribution is 0.338. The first kappa shape index (κ1) is 10.5. The molecule has 17 heavy (non-hydrogen) atoms. The Hall–Kier alpha value is -1.61. The van der Waals surface area contributed by atoms with Gasteiger partial charge in [-0.1, -0.05) is 36.8 Å². The third kappa shape index (κ3) is 2.24. The number of H-pyrrole nitrogens is 1. The molecular formula is C14H17N3. The predicted octanol–water partition coefficient (Wildman–Crippen LogP) is 2.72. The first-order valence-electron chi connectivity index (χ1n) is 6.24. The minimum atomic E-state index is 0.716. The highest BCUT2D eigenvalue weighted by atomic mass is 15.1. The number of aromatic nitrogens is 2. The Balaban J connectivity index is 1.74. The van der Waals surface area contributed by atoms with Crippen LogP contribution in [0.4, 0.5) is 0 Å². The second kappa shape index (κ2) is 4.72. The Morgan fingerprint density at radius 2 is 2.06 bits per heavy atom. The quantitative estimate of drug-likeness (QED) is 0.843. The molecule has 3 heteroatoms.